The average Bonchev–Trinajstić information content (AvgIpc) is 3.27. The highest BCUT2D eigenvalue weighted by Gasteiger charge is 2.31. The van der Waals surface area contributed by atoms with Crippen LogP contribution >= 0.6 is 27.5 Å². The van der Waals surface area contributed by atoms with Gasteiger partial charge in [0.2, 0.25) is 5.91 Å². The number of hydrogen-bond acceptors (Lipinski definition) is 3. The van der Waals surface area contributed by atoms with Gasteiger partial charge >= 0.3 is 0 Å². The molecular formula is C24H28BrClN2O3. The lowest BCUT2D eigenvalue weighted by atomic mass is 10.1. The molecule has 31 heavy (non-hydrogen) atoms. The van der Waals surface area contributed by atoms with Crippen molar-refractivity contribution in [2.24, 2.45) is 0 Å². The van der Waals surface area contributed by atoms with E-state index in [9.17, 15) is 9.59 Å². The Hall–Kier alpha value is -2.05. The second kappa shape index (κ2) is 11.5. The number of hydrogen-bond donors (Lipinski definition) is 1. The van der Waals surface area contributed by atoms with Crippen molar-refractivity contribution in [2.45, 2.75) is 57.7 Å². The second-order valence-corrected chi connectivity index (χ2v) is 9.09. The van der Waals surface area contributed by atoms with Crippen LogP contribution in [0.1, 0.15) is 44.6 Å². The Bertz CT molecular complexity index is 885. The van der Waals surface area contributed by atoms with Crippen LogP contribution in [0.15, 0.2) is 53.0 Å². The SMILES string of the molecule is CCC(C(=O)NC1CCCC1)N(Cc1ccccc1Cl)C(=O)COc1ccc(Br)cc1. The highest BCUT2D eigenvalue weighted by molar-refractivity contribution is 9.10. The second-order valence-electron chi connectivity index (χ2n) is 7.77. The average molecular weight is 508 g/mol. The molecule has 1 N–H and O–H groups in total. The van der Waals surface area contributed by atoms with Gasteiger partial charge in [0.25, 0.3) is 5.91 Å². The van der Waals surface area contributed by atoms with Crippen LogP contribution in [0.3, 0.4) is 0 Å². The third-order valence-corrected chi connectivity index (χ3v) is 6.46. The summed E-state index contributed by atoms with van der Waals surface area (Å²) in [5.41, 5.74) is 0.799. The lowest BCUT2D eigenvalue weighted by Crippen LogP contribution is -2.52. The Morgan fingerprint density at radius 2 is 1.84 bits per heavy atom. The first-order chi connectivity index (χ1) is 15.0. The highest BCUT2D eigenvalue weighted by atomic mass is 79.9. The number of nitrogens with one attached hydrogen (secondary N) is 1. The van der Waals surface area contributed by atoms with Gasteiger partial charge in [-0.2, -0.15) is 0 Å². The maximum Gasteiger partial charge on any atom is 0.261 e. The molecule has 7 heteroatoms. The molecule has 1 saturated carbocycles. The van der Waals surface area contributed by atoms with Gasteiger partial charge in [0.15, 0.2) is 6.61 Å². The summed E-state index contributed by atoms with van der Waals surface area (Å²) in [6, 6.07) is 14.3. The van der Waals surface area contributed by atoms with Crippen molar-refractivity contribution in [2.75, 3.05) is 6.61 Å². The molecule has 0 aromatic heterocycles. The zero-order chi connectivity index (χ0) is 22.2. The number of ether oxygens (including phenoxy) is 1. The number of amides is 2. The standard InChI is InChI=1S/C24H28BrClN2O3/c1-2-22(24(30)27-19-8-4-5-9-19)28(15-17-7-3-6-10-21(17)26)23(29)16-31-20-13-11-18(25)12-14-20/h3,6-7,10-14,19,22H,2,4-5,8-9,15-16H2,1H3,(H,27,30). The zero-order valence-corrected chi connectivity index (χ0v) is 20.0. The van der Waals surface area contributed by atoms with E-state index in [2.05, 4.69) is 21.2 Å². The number of benzene rings is 2. The summed E-state index contributed by atoms with van der Waals surface area (Å²) in [7, 11) is 0. The first-order valence-electron chi connectivity index (χ1n) is 10.7. The van der Waals surface area contributed by atoms with Crippen LogP contribution < -0.4 is 10.1 Å². The van der Waals surface area contributed by atoms with Gasteiger partial charge in [-0.1, -0.05) is 65.5 Å². The molecule has 1 aliphatic rings. The largest absolute Gasteiger partial charge is 0.484 e. The molecular weight excluding hydrogens is 480 g/mol. The van der Waals surface area contributed by atoms with Crippen molar-refractivity contribution < 1.29 is 14.3 Å². The van der Waals surface area contributed by atoms with Crippen LogP contribution in [0.2, 0.25) is 5.02 Å². The fourth-order valence-electron chi connectivity index (χ4n) is 3.86. The van der Waals surface area contributed by atoms with E-state index in [1.807, 2.05) is 37.3 Å². The Morgan fingerprint density at radius 1 is 1.16 bits per heavy atom. The molecule has 1 unspecified atom stereocenters. The molecule has 1 fully saturated rings. The van der Waals surface area contributed by atoms with E-state index >= 15 is 0 Å². The quantitative estimate of drug-likeness (QED) is 0.498. The van der Waals surface area contributed by atoms with Gasteiger partial charge in [-0.25, -0.2) is 0 Å². The molecule has 0 aliphatic heterocycles. The fourth-order valence-corrected chi connectivity index (χ4v) is 4.32. The van der Waals surface area contributed by atoms with Crippen molar-refractivity contribution in [3.63, 3.8) is 0 Å². The summed E-state index contributed by atoms with van der Waals surface area (Å²) in [5, 5.41) is 3.70. The third kappa shape index (κ3) is 6.71. The van der Waals surface area contributed by atoms with E-state index in [1.165, 1.54) is 0 Å². The van der Waals surface area contributed by atoms with Crippen LogP contribution in [-0.4, -0.2) is 35.4 Å². The predicted molar refractivity (Wildman–Crippen MR) is 126 cm³/mol. The van der Waals surface area contributed by atoms with Crippen molar-refractivity contribution >= 4 is 39.3 Å². The summed E-state index contributed by atoms with van der Waals surface area (Å²) in [5.74, 6) is 0.229. The molecule has 2 aromatic carbocycles. The molecule has 1 atom stereocenters. The monoisotopic (exact) mass is 506 g/mol. The lowest BCUT2D eigenvalue weighted by Gasteiger charge is -2.31. The van der Waals surface area contributed by atoms with Crippen LogP contribution in [0.4, 0.5) is 0 Å². The fraction of sp³-hybridized carbons (Fsp3) is 0.417. The predicted octanol–water partition coefficient (Wildman–Crippen LogP) is 5.35. The van der Waals surface area contributed by atoms with E-state index < -0.39 is 6.04 Å². The highest BCUT2D eigenvalue weighted by Crippen LogP contribution is 2.22. The Balaban J connectivity index is 1.76. The van der Waals surface area contributed by atoms with Crippen LogP contribution in [0.5, 0.6) is 5.75 Å². The maximum atomic E-state index is 13.2. The Morgan fingerprint density at radius 3 is 2.48 bits per heavy atom. The molecule has 2 aromatic rings. The first kappa shape index (κ1) is 23.6. The van der Waals surface area contributed by atoms with Crippen molar-refractivity contribution in [3.8, 4) is 5.75 Å². The van der Waals surface area contributed by atoms with E-state index in [-0.39, 0.29) is 31.0 Å². The normalized spacial score (nSPS) is 14.8. The van der Waals surface area contributed by atoms with E-state index in [0.29, 0.717) is 17.2 Å². The molecule has 166 valence electrons. The maximum absolute atomic E-state index is 13.2. The van der Waals surface area contributed by atoms with Gasteiger partial charge in [0.05, 0.1) is 0 Å². The lowest BCUT2D eigenvalue weighted by molar-refractivity contribution is -0.143. The smallest absolute Gasteiger partial charge is 0.261 e. The number of halogens is 2. The first-order valence-corrected chi connectivity index (χ1v) is 11.9. The van der Waals surface area contributed by atoms with Gasteiger partial charge < -0.3 is 15.0 Å². The molecule has 0 radical (unpaired) electrons. The van der Waals surface area contributed by atoms with Crippen LogP contribution in [0.25, 0.3) is 0 Å². The van der Waals surface area contributed by atoms with Gasteiger partial charge in [0, 0.05) is 22.1 Å². The topological polar surface area (TPSA) is 58.6 Å². The summed E-state index contributed by atoms with van der Waals surface area (Å²) in [6.07, 6.45) is 4.75. The van der Waals surface area contributed by atoms with Crippen LogP contribution in [-0.2, 0) is 16.1 Å². The van der Waals surface area contributed by atoms with Gasteiger partial charge in [-0.15, -0.1) is 0 Å². The molecule has 1 aliphatic carbocycles. The van der Waals surface area contributed by atoms with E-state index in [4.69, 9.17) is 16.3 Å². The molecule has 0 heterocycles. The number of carbonyl (C=O) groups is 2. The number of rotatable bonds is 9. The van der Waals surface area contributed by atoms with Crippen molar-refractivity contribution in [3.05, 3.63) is 63.6 Å². The summed E-state index contributed by atoms with van der Waals surface area (Å²) >= 11 is 9.74. The molecule has 0 spiro atoms. The van der Waals surface area contributed by atoms with Crippen molar-refractivity contribution in [1.29, 1.82) is 0 Å². The zero-order valence-electron chi connectivity index (χ0n) is 17.7. The molecule has 0 saturated heterocycles. The van der Waals surface area contributed by atoms with E-state index in [1.54, 1.807) is 23.1 Å². The summed E-state index contributed by atoms with van der Waals surface area (Å²) < 4.78 is 6.63. The number of nitrogens with zero attached hydrogens (tertiary/aromatic N) is 1. The van der Waals surface area contributed by atoms with Gasteiger partial charge in [-0.3, -0.25) is 9.59 Å². The number of carbonyl (C=O) groups excluding carboxylic acids is 2. The van der Waals surface area contributed by atoms with Crippen LogP contribution in [0, 0.1) is 0 Å². The summed E-state index contributed by atoms with van der Waals surface area (Å²) in [4.78, 5) is 27.9. The molecule has 2 amide bonds. The van der Waals surface area contributed by atoms with E-state index in [0.717, 1.165) is 35.7 Å². The van der Waals surface area contributed by atoms with Crippen molar-refractivity contribution in [1.82, 2.24) is 10.2 Å². The molecule has 3 rings (SSSR count). The molecule has 0 bridgehead atoms. The van der Waals surface area contributed by atoms with Gasteiger partial charge in [0.1, 0.15) is 11.8 Å². The van der Waals surface area contributed by atoms with Gasteiger partial charge in [-0.05, 0) is 55.2 Å². The minimum atomic E-state index is -0.585. The minimum Gasteiger partial charge on any atom is -0.484 e. The molecule has 5 nitrogen and oxygen atoms in total. The Labute approximate surface area is 197 Å². The Kier molecular flexibility index (Phi) is 8.79. The summed E-state index contributed by atoms with van der Waals surface area (Å²) in [6.45, 7) is 2.01. The third-order valence-electron chi connectivity index (χ3n) is 5.56. The minimum absolute atomic E-state index is 0.113.